The van der Waals surface area contributed by atoms with E-state index in [4.69, 9.17) is 9.84 Å². The molecule has 2 heterocycles. The Kier molecular flexibility index (Phi) is 7.42. The van der Waals surface area contributed by atoms with Gasteiger partial charge in [0, 0.05) is 73.0 Å². The molecule has 0 saturated heterocycles. The van der Waals surface area contributed by atoms with Crippen LogP contribution in [0.3, 0.4) is 0 Å². The van der Waals surface area contributed by atoms with Gasteiger partial charge in [-0.25, -0.2) is 0 Å². The molecule has 7 heteroatoms. The van der Waals surface area contributed by atoms with Gasteiger partial charge in [-0.3, -0.25) is 14.3 Å². The number of para-hydroxylation sites is 1. The first-order chi connectivity index (χ1) is 17.9. The lowest BCUT2D eigenvalue weighted by molar-refractivity contribution is 0.0906. The van der Waals surface area contributed by atoms with Crippen LogP contribution < -0.4 is 5.32 Å². The Morgan fingerprint density at radius 3 is 2.76 bits per heavy atom. The first kappa shape index (κ1) is 25.2. The second-order valence-electron chi connectivity index (χ2n) is 10.4. The number of methoxy groups -OCH3 is 1. The topological polar surface area (TPSA) is 78.1 Å². The van der Waals surface area contributed by atoms with Gasteiger partial charge < -0.3 is 14.6 Å². The minimum Gasteiger partial charge on any atom is -0.383 e. The van der Waals surface area contributed by atoms with Gasteiger partial charge in [-0.1, -0.05) is 24.6 Å². The molecular formula is C30H36N4O3. The van der Waals surface area contributed by atoms with Crippen LogP contribution in [0.15, 0.2) is 48.8 Å². The molecule has 1 aliphatic rings. The largest absolute Gasteiger partial charge is 0.383 e. The number of rotatable bonds is 8. The molecule has 5 rings (SSSR count). The number of amides is 1. The Bertz CT molecular complexity index is 1430. The number of carbonyl (C=O) groups is 2. The molecular weight excluding hydrogens is 464 g/mol. The molecule has 2 atom stereocenters. The van der Waals surface area contributed by atoms with Crippen LogP contribution >= 0.6 is 0 Å². The second kappa shape index (κ2) is 10.9. The van der Waals surface area contributed by atoms with Crippen LogP contribution in [-0.4, -0.2) is 46.3 Å². The number of hydrogen-bond donors (Lipinski definition) is 1. The Balaban J connectivity index is 1.25. The number of hydrogen-bond acceptors (Lipinski definition) is 4. The SMILES string of the molecule is COCCNC(=O)c1cc2cn(CC3CCCC(C(=O)c4cn(C)c5ccccc45)CC3)nc2cc1C. The molecule has 7 nitrogen and oxygen atoms in total. The summed E-state index contributed by atoms with van der Waals surface area (Å²) < 4.78 is 9.10. The molecule has 4 aromatic rings. The smallest absolute Gasteiger partial charge is 0.251 e. The second-order valence-corrected chi connectivity index (χ2v) is 10.4. The molecule has 1 fully saturated rings. The van der Waals surface area contributed by atoms with E-state index in [2.05, 4.69) is 22.0 Å². The average Bonchev–Trinajstić information content (AvgIpc) is 3.34. The Morgan fingerprint density at radius 2 is 1.92 bits per heavy atom. The van der Waals surface area contributed by atoms with Crippen LogP contribution in [0.25, 0.3) is 21.8 Å². The fraction of sp³-hybridized carbons (Fsp3) is 0.433. The predicted octanol–water partition coefficient (Wildman–Crippen LogP) is 5.29. The molecule has 1 N–H and O–H groups in total. The van der Waals surface area contributed by atoms with E-state index < -0.39 is 0 Å². The summed E-state index contributed by atoms with van der Waals surface area (Å²) in [5.74, 6) is 0.760. The third-order valence-electron chi connectivity index (χ3n) is 7.80. The maximum Gasteiger partial charge on any atom is 0.251 e. The summed E-state index contributed by atoms with van der Waals surface area (Å²) in [6.45, 7) is 3.75. The van der Waals surface area contributed by atoms with Crippen LogP contribution in [-0.2, 0) is 18.3 Å². The van der Waals surface area contributed by atoms with Crippen molar-refractivity contribution in [2.24, 2.45) is 18.9 Å². The average molecular weight is 501 g/mol. The van der Waals surface area contributed by atoms with E-state index in [9.17, 15) is 9.59 Å². The predicted molar refractivity (Wildman–Crippen MR) is 146 cm³/mol. The van der Waals surface area contributed by atoms with Gasteiger partial charge in [0.2, 0.25) is 0 Å². The molecule has 0 bridgehead atoms. The van der Waals surface area contributed by atoms with Crippen molar-refractivity contribution < 1.29 is 14.3 Å². The molecule has 37 heavy (non-hydrogen) atoms. The van der Waals surface area contributed by atoms with E-state index in [1.54, 1.807) is 7.11 Å². The highest BCUT2D eigenvalue weighted by molar-refractivity contribution is 6.09. The zero-order valence-corrected chi connectivity index (χ0v) is 22.0. The molecule has 1 aliphatic carbocycles. The lowest BCUT2D eigenvalue weighted by atomic mass is 9.90. The summed E-state index contributed by atoms with van der Waals surface area (Å²) in [5, 5.41) is 9.74. The number of benzene rings is 2. The highest BCUT2D eigenvalue weighted by Crippen LogP contribution is 2.33. The van der Waals surface area contributed by atoms with E-state index in [1.165, 1.54) is 0 Å². The first-order valence-corrected chi connectivity index (χ1v) is 13.3. The van der Waals surface area contributed by atoms with Crippen LogP contribution in [0.2, 0.25) is 0 Å². The van der Waals surface area contributed by atoms with Crippen molar-refractivity contribution in [1.82, 2.24) is 19.7 Å². The van der Waals surface area contributed by atoms with Crippen molar-refractivity contribution in [2.75, 3.05) is 20.3 Å². The van der Waals surface area contributed by atoms with Crippen molar-refractivity contribution >= 4 is 33.5 Å². The van der Waals surface area contributed by atoms with E-state index in [0.717, 1.165) is 71.6 Å². The minimum atomic E-state index is -0.0881. The molecule has 0 radical (unpaired) electrons. The number of aromatic nitrogens is 3. The van der Waals surface area contributed by atoms with E-state index in [-0.39, 0.29) is 17.6 Å². The lowest BCUT2D eigenvalue weighted by Crippen LogP contribution is -2.27. The summed E-state index contributed by atoms with van der Waals surface area (Å²) in [6.07, 6.45) is 9.07. The highest BCUT2D eigenvalue weighted by Gasteiger charge is 2.27. The zero-order chi connectivity index (χ0) is 25.9. The van der Waals surface area contributed by atoms with Crippen molar-refractivity contribution in [3.05, 3.63) is 65.5 Å². The summed E-state index contributed by atoms with van der Waals surface area (Å²) in [5.41, 5.74) is 4.46. The Morgan fingerprint density at radius 1 is 1.08 bits per heavy atom. The number of nitrogens with one attached hydrogen (secondary N) is 1. The van der Waals surface area contributed by atoms with Gasteiger partial charge in [0.1, 0.15) is 0 Å². The maximum atomic E-state index is 13.5. The molecule has 194 valence electrons. The summed E-state index contributed by atoms with van der Waals surface area (Å²) in [4.78, 5) is 26.1. The fourth-order valence-electron chi connectivity index (χ4n) is 5.77. The van der Waals surface area contributed by atoms with Crippen LogP contribution in [0.4, 0.5) is 0 Å². The number of ether oxygens (including phenoxy) is 1. The van der Waals surface area contributed by atoms with E-state index in [0.29, 0.717) is 24.6 Å². The van der Waals surface area contributed by atoms with Crippen molar-refractivity contribution in [3.63, 3.8) is 0 Å². The van der Waals surface area contributed by atoms with E-state index >= 15 is 0 Å². The van der Waals surface area contributed by atoms with Gasteiger partial charge in [0.15, 0.2) is 5.78 Å². The number of aryl methyl sites for hydroxylation is 2. The molecule has 0 aliphatic heterocycles. The molecule has 1 amide bonds. The standard InChI is InChI=1S/C30H36N4O3/c1-20-15-27-23(16-25(20)30(36)31-13-14-37-3)18-34(32-27)17-21-7-6-8-22(12-11-21)29(35)26-19-33(2)28-10-5-4-9-24(26)28/h4-5,9-10,15-16,18-19,21-22H,6-8,11-14,17H2,1-3H3,(H,31,36). The quantitative estimate of drug-likeness (QED) is 0.203. The minimum absolute atomic E-state index is 0.0781. The van der Waals surface area contributed by atoms with Gasteiger partial charge in [0.25, 0.3) is 5.91 Å². The molecule has 2 unspecified atom stereocenters. The van der Waals surface area contributed by atoms with Crippen LogP contribution in [0.5, 0.6) is 0 Å². The van der Waals surface area contributed by atoms with Gasteiger partial charge in [0.05, 0.1) is 12.1 Å². The highest BCUT2D eigenvalue weighted by atomic mass is 16.5. The molecule has 0 spiro atoms. The van der Waals surface area contributed by atoms with Gasteiger partial charge >= 0.3 is 0 Å². The number of Topliss-reactive ketones (excluding diaryl/α,β-unsaturated/α-hetero) is 1. The fourth-order valence-corrected chi connectivity index (χ4v) is 5.77. The lowest BCUT2D eigenvalue weighted by Gasteiger charge is -2.15. The van der Waals surface area contributed by atoms with Crippen molar-refractivity contribution in [1.29, 1.82) is 0 Å². The van der Waals surface area contributed by atoms with Crippen LogP contribution in [0, 0.1) is 18.8 Å². The van der Waals surface area contributed by atoms with Crippen molar-refractivity contribution in [2.45, 2.75) is 45.6 Å². The normalized spacial score (nSPS) is 18.2. The zero-order valence-electron chi connectivity index (χ0n) is 22.0. The van der Waals surface area contributed by atoms with Gasteiger partial charge in [-0.05, 0) is 62.3 Å². The number of carbonyl (C=O) groups excluding carboxylic acids is 2. The summed E-state index contributed by atoms with van der Waals surface area (Å²) in [7, 11) is 3.63. The Hall–Kier alpha value is -3.45. The number of nitrogens with zero attached hydrogens (tertiary/aromatic N) is 3. The molecule has 2 aromatic carbocycles. The molecule has 2 aromatic heterocycles. The number of ketones is 1. The monoisotopic (exact) mass is 500 g/mol. The maximum absolute atomic E-state index is 13.5. The Labute approximate surface area is 217 Å². The third-order valence-corrected chi connectivity index (χ3v) is 7.80. The third kappa shape index (κ3) is 5.32. The number of fused-ring (bicyclic) bond motifs is 2. The van der Waals surface area contributed by atoms with E-state index in [1.807, 2.05) is 55.3 Å². The summed E-state index contributed by atoms with van der Waals surface area (Å²) >= 11 is 0. The van der Waals surface area contributed by atoms with Gasteiger partial charge in [-0.2, -0.15) is 5.10 Å². The van der Waals surface area contributed by atoms with Crippen molar-refractivity contribution in [3.8, 4) is 0 Å². The first-order valence-electron chi connectivity index (χ1n) is 13.3. The van der Waals surface area contributed by atoms with Crippen LogP contribution in [0.1, 0.15) is 58.4 Å². The van der Waals surface area contributed by atoms with Gasteiger partial charge in [-0.15, -0.1) is 0 Å². The summed E-state index contributed by atoms with van der Waals surface area (Å²) in [6, 6.07) is 12.1. The molecule has 1 saturated carbocycles.